The number of rotatable bonds is 3. The van der Waals surface area contributed by atoms with Crippen LogP contribution in [0.1, 0.15) is 15.9 Å². The lowest BCUT2D eigenvalue weighted by atomic mass is 10.1. The average molecular weight is 278 g/mol. The molecule has 7 heteroatoms. The summed E-state index contributed by atoms with van der Waals surface area (Å²) < 4.78 is 18.8. The predicted molar refractivity (Wildman–Crippen MR) is 68.2 cm³/mol. The monoisotopic (exact) mass is 278 g/mol. The molecule has 0 saturated carbocycles. The molecule has 0 aliphatic heterocycles. The predicted octanol–water partition coefficient (Wildman–Crippen LogP) is 0.511. The lowest BCUT2D eigenvalue weighted by Crippen LogP contribution is -2.31. The van der Waals surface area contributed by atoms with Crippen molar-refractivity contribution in [2.24, 2.45) is 0 Å². The van der Waals surface area contributed by atoms with Crippen LogP contribution in [0.25, 0.3) is 0 Å². The molecular weight excluding hydrogens is 267 g/mol. The van der Waals surface area contributed by atoms with E-state index in [-0.39, 0.29) is 12.1 Å². The maximum atomic E-state index is 13.2. The molecule has 0 bridgehead atoms. The van der Waals surface area contributed by atoms with E-state index in [1.807, 2.05) is 4.98 Å². The second kappa shape index (κ2) is 5.52. The highest BCUT2D eigenvalue weighted by molar-refractivity contribution is 5.90. The van der Waals surface area contributed by atoms with Crippen molar-refractivity contribution in [3.8, 4) is 0 Å². The zero-order valence-corrected chi connectivity index (χ0v) is 10.6. The van der Waals surface area contributed by atoms with Crippen molar-refractivity contribution in [1.82, 2.24) is 9.55 Å². The van der Waals surface area contributed by atoms with E-state index in [4.69, 9.17) is 0 Å². The van der Waals surface area contributed by atoms with E-state index in [2.05, 4.69) is 4.74 Å². The number of carbonyl (C=O) groups excluding carboxylic acids is 1. The number of carbonyl (C=O) groups is 1. The van der Waals surface area contributed by atoms with Gasteiger partial charge in [-0.25, -0.2) is 9.59 Å². The third kappa shape index (κ3) is 2.66. The van der Waals surface area contributed by atoms with E-state index >= 15 is 0 Å². The summed E-state index contributed by atoms with van der Waals surface area (Å²) in [7, 11) is 1.24. The van der Waals surface area contributed by atoms with Gasteiger partial charge in [0.1, 0.15) is 0 Å². The summed E-state index contributed by atoms with van der Waals surface area (Å²) in [4.78, 5) is 36.0. The molecule has 1 aromatic heterocycles. The van der Waals surface area contributed by atoms with Crippen LogP contribution < -0.4 is 11.2 Å². The van der Waals surface area contributed by atoms with E-state index in [0.29, 0.717) is 5.56 Å². The highest BCUT2D eigenvalue weighted by Crippen LogP contribution is 2.11. The fourth-order valence-electron chi connectivity index (χ4n) is 1.75. The molecular formula is C13H11FN2O4. The van der Waals surface area contributed by atoms with Crippen LogP contribution in [-0.2, 0) is 11.3 Å². The minimum absolute atomic E-state index is 0.0577. The molecule has 0 radical (unpaired) electrons. The molecule has 0 unspecified atom stereocenters. The smallest absolute Gasteiger partial charge is 0.338 e. The van der Waals surface area contributed by atoms with Gasteiger partial charge in [0.05, 0.1) is 25.4 Å². The van der Waals surface area contributed by atoms with Crippen LogP contribution >= 0.6 is 0 Å². The van der Waals surface area contributed by atoms with Crippen molar-refractivity contribution in [2.75, 3.05) is 7.11 Å². The van der Waals surface area contributed by atoms with Gasteiger partial charge in [0.25, 0.3) is 5.56 Å². The molecule has 0 aliphatic carbocycles. The summed E-state index contributed by atoms with van der Waals surface area (Å²) in [5, 5.41) is 0. The Balaban J connectivity index is 2.46. The number of nitrogens with zero attached hydrogens (tertiary/aromatic N) is 1. The van der Waals surface area contributed by atoms with Gasteiger partial charge in [-0.1, -0.05) is 18.2 Å². The first kappa shape index (κ1) is 13.7. The van der Waals surface area contributed by atoms with Crippen LogP contribution in [0.2, 0.25) is 0 Å². The summed E-state index contributed by atoms with van der Waals surface area (Å²) >= 11 is 0. The topological polar surface area (TPSA) is 81.2 Å². The molecule has 0 spiro atoms. The summed E-state index contributed by atoms with van der Waals surface area (Å²) in [6.07, 6.45) is 0.801. The van der Waals surface area contributed by atoms with Gasteiger partial charge in [-0.15, -0.1) is 0 Å². The second-order valence-electron chi connectivity index (χ2n) is 4.01. The Kier molecular flexibility index (Phi) is 3.79. The summed E-state index contributed by atoms with van der Waals surface area (Å²) in [6.45, 7) is -0.0577. The fourth-order valence-corrected chi connectivity index (χ4v) is 1.75. The number of esters is 1. The van der Waals surface area contributed by atoms with Crippen molar-refractivity contribution in [2.45, 2.75) is 6.54 Å². The van der Waals surface area contributed by atoms with Crippen molar-refractivity contribution in [1.29, 1.82) is 0 Å². The Morgan fingerprint density at radius 1 is 1.35 bits per heavy atom. The first-order chi connectivity index (χ1) is 9.52. The Morgan fingerprint density at radius 2 is 2.05 bits per heavy atom. The molecule has 6 nitrogen and oxygen atoms in total. The van der Waals surface area contributed by atoms with Gasteiger partial charge in [0, 0.05) is 0 Å². The highest BCUT2D eigenvalue weighted by Gasteiger charge is 2.12. The summed E-state index contributed by atoms with van der Waals surface area (Å²) in [6, 6.07) is 6.47. The van der Waals surface area contributed by atoms with E-state index in [9.17, 15) is 18.8 Å². The average Bonchev–Trinajstić information content (AvgIpc) is 2.44. The number of aromatic nitrogens is 2. The quantitative estimate of drug-likeness (QED) is 0.829. The van der Waals surface area contributed by atoms with Crippen LogP contribution in [0.5, 0.6) is 0 Å². The first-order valence-electron chi connectivity index (χ1n) is 5.68. The molecule has 20 heavy (non-hydrogen) atoms. The van der Waals surface area contributed by atoms with Crippen LogP contribution in [0.15, 0.2) is 40.1 Å². The minimum Gasteiger partial charge on any atom is -0.465 e. The van der Waals surface area contributed by atoms with Crippen molar-refractivity contribution in [3.63, 3.8) is 0 Å². The van der Waals surface area contributed by atoms with Crippen LogP contribution in [-0.4, -0.2) is 22.6 Å². The molecule has 0 atom stereocenters. The van der Waals surface area contributed by atoms with E-state index in [1.54, 1.807) is 18.2 Å². The zero-order chi connectivity index (χ0) is 14.7. The van der Waals surface area contributed by atoms with Crippen LogP contribution in [0.3, 0.4) is 0 Å². The normalized spacial score (nSPS) is 10.3. The molecule has 0 aliphatic rings. The third-order valence-electron chi connectivity index (χ3n) is 2.73. The Hall–Kier alpha value is -2.70. The summed E-state index contributed by atoms with van der Waals surface area (Å²) in [5.41, 5.74) is -1.08. The largest absolute Gasteiger partial charge is 0.465 e. The summed E-state index contributed by atoms with van der Waals surface area (Å²) in [5.74, 6) is -1.63. The van der Waals surface area contributed by atoms with Gasteiger partial charge in [0.15, 0.2) is 0 Å². The van der Waals surface area contributed by atoms with Gasteiger partial charge in [0.2, 0.25) is 5.82 Å². The number of ether oxygens (including phenoxy) is 1. The number of H-pyrrole nitrogens is 1. The molecule has 1 heterocycles. The number of benzene rings is 1. The third-order valence-corrected chi connectivity index (χ3v) is 2.73. The molecule has 1 N–H and O–H groups in total. The number of hydrogen-bond donors (Lipinski definition) is 1. The number of methoxy groups -OCH3 is 1. The van der Waals surface area contributed by atoms with E-state index < -0.39 is 23.0 Å². The number of halogens is 1. The SMILES string of the molecule is COC(=O)c1ccccc1Cn1cc(F)c(=O)[nH]c1=O. The van der Waals surface area contributed by atoms with Gasteiger partial charge in [-0.05, 0) is 11.6 Å². The van der Waals surface area contributed by atoms with Crippen LogP contribution in [0.4, 0.5) is 4.39 Å². The van der Waals surface area contributed by atoms with Gasteiger partial charge in [-0.3, -0.25) is 14.3 Å². The number of nitrogens with one attached hydrogen (secondary N) is 1. The fraction of sp³-hybridized carbons (Fsp3) is 0.154. The van der Waals surface area contributed by atoms with Gasteiger partial charge < -0.3 is 4.74 Å². The van der Waals surface area contributed by atoms with E-state index in [1.165, 1.54) is 13.2 Å². The van der Waals surface area contributed by atoms with Gasteiger partial charge >= 0.3 is 11.7 Å². The van der Waals surface area contributed by atoms with E-state index in [0.717, 1.165) is 10.8 Å². The van der Waals surface area contributed by atoms with Crippen molar-refractivity contribution < 1.29 is 13.9 Å². The molecule has 2 aromatic rings. The first-order valence-corrected chi connectivity index (χ1v) is 5.68. The molecule has 1 aromatic carbocycles. The van der Waals surface area contributed by atoms with Gasteiger partial charge in [-0.2, -0.15) is 4.39 Å². The van der Waals surface area contributed by atoms with Crippen molar-refractivity contribution in [3.05, 3.63) is 68.2 Å². The molecule has 0 saturated heterocycles. The van der Waals surface area contributed by atoms with Crippen LogP contribution in [0, 0.1) is 5.82 Å². The minimum atomic E-state index is -1.08. The zero-order valence-electron chi connectivity index (χ0n) is 10.6. The Morgan fingerprint density at radius 3 is 2.75 bits per heavy atom. The molecule has 0 fully saturated rings. The molecule has 104 valence electrons. The lowest BCUT2D eigenvalue weighted by molar-refractivity contribution is 0.0599. The second-order valence-corrected chi connectivity index (χ2v) is 4.01. The molecule has 0 amide bonds. The lowest BCUT2D eigenvalue weighted by Gasteiger charge is -2.09. The maximum Gasteiger partial charge on any atom is 0.338 e. The Bertz CT molecular complexity index is 763. The maximum absolute atomic E-state index is 13.2. The number of aromatic amines is 1. The number of hydrogen-bond acceptors (Lipinski definition) is 4. The standard InChI is InChI=1S/C13H11FN2O4/c1-20-12(18)9-5-3-2-4-8(9)6-16-7-10(14)11(17)15-13(16)19/h2-5,7H,6H2,1H3,(H,15,17,19). The molecule has 2 rings (SSSR count). The van der Waals surface area contributed by atoms with Crippen molar-refractivity contribution >= 4 is 5.97 Å². The highest BCUT2D eigenvalue weighted by atomic mass is 19.1. The Labute approximate surface area is 112 Å².